The standard InChI is InChI=1S/C14H18N2OS/c1-10-5-3-6-11-12(10)15-13(18)16(11)14(2)7-4-8-17-9-14/h3,5-6H,4,7-9H2,1-2H3,(H,15,18). The van der Waals surface area contributed by atoms with Gasteiger partial charge >= 0.3 is 0 Å². The van der Waals surface area contributed by atoms with E-state index < -0.39 is 0 Å². The van der Waals surface area contributed by atoms with E-state index in [1.165, 1.54) is 11.1 Å². The summed E-state index contributed by atoms with van der Waals surface area (Å²) < 4.78 is 8.70. The number of ether oxygens (including phenoxy) is 1. The maximum Gasteiger partial charge on any atom is 0.178 e. The highest BCUT2D eigenvalue weighted by Crippen LogP contribution is 2.31. The van der Waals surface area contributed by atoms with Gasteiger partial charge in [0, 0.05) is 6.61 Å². The Morgan fingerprint density at radius 1 is 1.44 bits per heavy atom. The van der Waals surface area contributed by atoms with Crippen LogP contribution < -0.4 is 0 Å². The third-order valence-corrected chi connectivity index (χ3v) is 4.17. The molecule has 1 fully saturated rings. The molecule has 1 aliphatic heterocycles. The minimum absolute atomic E-state index is 0.0264. The average Bonchev–Trinajstić information content (AvgIpc) is 2.68. The Bertz CT molecular complexity index is 635. The summed E-state index contributed by atoms with van der Waals surface area (Å²) in [6, 6.07) is 6.33. The molecule has 0 bridgehead atoms. The van der Waals surface area contributed by atoms with Crippen LogP contribution in [0.4, 0.5) is 0 Å². The van der Waals surface area contributed by atoms with Crippen molar-refractivity contribution >= 4 is 23.3 Å². The SMILES string of the molecule is Cc1cccc2c1[nH]c(=S)n2C1(C)CCCOC1. The topological polar surface area (TPSA) is 29.9 Å². The first-order chi connectivity index (χ1) is 8.62. The van der Waals surface area contributed by atoms with E-state index in [1.807, 2.05) is 0 Å². The van der Waals surface area contributed by atoms with Gasteiger partial charge in [-0.1, -0.05) is 12.1 Å². The number of aryl methyl sites for hydroxylation is 1. The molecule has 2 heterocycles. The first-order valence-corrected chi connectivity index (χ1v) is 6.81. The van der Waals surface area contributed by atoms with E-state index >= 15 is 0 Å². The highest BCUT2D eigenvalue weighted by molar-refractivity contribution is 7.71. The van der Waals surface area contributed by atoms with Crippen molar-refractivity contribution in [3.05, 3.63) is 28.5 Å². The van der Waals surface area contributed by atoms with Gasteiger partial charge in [0.25, 0.3) is 0 Å². The number of H-pyrrole nitrogens is 1. The largest absolute Gasteiger partial charge is 0.379 e. The third kappa shape index (κ3) is 1.71. The number of aromatic nitrogens is 2. The van der Waals surface area contributed by atoms with Crippen molar-refractivity contribution in [3.63, 3.8) is 0 Å². The van der Waals surface area contributed by atoms with Crippen LogP contribution in [0.3, 0.4) is 0 Å². The lowest BCUT2D eigenvalue weighted by molar-refractivity contribution is 0.0108. The Morgan fingerprint density at radius 2 is 2.28 bits per heavy atom. The maximum atomic E-state index is 5.66. The van der Waals surface area contributed by atoms with Gasteiger partial charge in [0.2, 0.25) is 0 Å². The lowest BCUT2D eigenvalue weighted by Gasteiger charge is -2.35. The van der Waals surface area contributed by atoms with Crippen molar-refractivity contribution in [1.82, 2.24) is 9.55 Å². The van der Waals surface area contributed by atoms with Gasteiger partial charge < -0.3 is 14.3 Å². The number of nitrogens with zero attached hydrogens (tertiary/aromatic N) is 1. The molecular weight excluding hydrogens is 244 g/mol. The van der Waals surface area contributed by atoms with Crippen LogP contribution in [-0.2, 0) is 10.3 Å². The Hall–Kier alpha value is -1.13. The van der Waals surface area contributed by atoms with Crippen LogP contribution in [0.5, 0.6) is 0 Å². The molecule has 1 aliphatic rings. The van der Waals surface area contributed by atoms with Gasteiger partial charge in [-0.3, -0.25) is 0 Å². The fourth-order valence-electron chi connectivity index (χ4n) is 2.91. The first-order valence-electron chi connectivity index (χ1n) is 6.40. The summed E-state index contributed by atoms with van der Waals surface area (Å²) >= 11 is 5.52. The second kappa shape index (κ2) is 4.21. The summed E-state index contributed by atoms with van der Waals surface area (Å²) in [4.78, 5) is 3.34. The molecular formula is C14H18N2OS. The van der Waals surface area contributed by atoms with Gasteiger partial charge in [0.1, 0.15) is 0 Å². The summed E-state index contributed by atoms with van der Waals surface area (Å²) in [5.41, 5.74) is 3.54. The predicted octanol–water partition coefficient (Wildman–Crippen LogP) is 3.53. The van der Waals surface area contributed by atoms with Crippen molar-refractivity contribution in [2.45, 2.75) is 32.2 Å². The normalized spacial score (nSPS) is 24.6. The number of aromatic amines is 1. The van der Waals surface area contributed by atoms with E-state index in [-0.39, 0.29) is 5.54 Å². The summed E-state index contributed by atoms with van der Waals surface area (Å²) in [6.45, 7) is 5.95. The molecule has 1 atom stereocenters. The minimum atomic E-state index is -0.0264. The third-order valence-electron chi connectivity index (χ3n) is 3.88. The van der Waals surface area contributed by atoms with Crippen LogP contribution in [0.2, 0.25) is 0 Å². The number of benzene rings is 1. The van der Waals surface area contributed by atoms with E-state index in [9.17, 15) is 0 Å². The van der Waals surface area contributed by atoms with Gasteiger partial charge in [-0.25, -0.2) is 0 Å². The predicted molar refractivity (Wildman–Crippen MR) is 75.6 cm³/mol. The van der Waals surface area contributed by atoms with Crippen molar-refractivity contribution in [2.24, 2.45) is 0 Å². The molecule has 0 radical (unpaired) electrons. The fraction of sp³-hybridized carbons (Fsp3) is 0.500. The van der Waals surface area contributed by atoms with E-state index in [0.717, 1.165) is 36.3 Å². The molecule has 0 saturated carbocycles. The molecule has 96 valence electrons. The van der Waals surface area contributed by atoms with Crippen LogP contribution in [0.25, 0.3) is 11.0 Å². The zero-order valence-corrected chi connectivity index (χ0v) is 11.6. The minimum Gasteiger partial charge on any atom is -0.379 e. The smallest absolute Gasteiger partial charge is 0.178 e. The van der Waals surface area contributed by atoms with Crippen molar-refractivity contribution in [3.8, 4) is 0 Å². The molecule has 3 rings (SSSR count). The number of para-hydroxylation sites is 1. The van der Waals surface area contributed by atoms with E-state index in [4.69, 9.17) is 17.0 Å². The Kier molecular flexibility index (Phi) is 2.79. The zero-order valence-electron chi connectivity index (χ0n) is 10.8. The molecule has 1 aromatic carbocycles. The molecule has 0 amide bonds. The monoisotopic (exact) mass is 262 g/mol. The molecule has 0 spiro atoms. The van der Waals surface area contributed by atoms with Gasteiger partial charge in [-0.2, -0.15) is 0 Å². The first kappa shape index (κ1) is 11.9. The average molecular weight is 262 g/mol. The van der Waals surface area contributed by atoms with E-state index in [1.54, 1.807) is 0 Å². The quantitative estimate of drug-likeness (QED) is 0.797. The van der Waals surface area contributed by atoms with Crippen LogP contribution in [0.1, 0.15) is 25.3 Å². The summed E-state index contributed by atoms with van der Waals surface area (Å²) in [5.74, 6) is 0. The Labute approximate surface area is 112 Å². The van der Waals surface area contributed by atoms with Crippen molar-refractivity contribution < 1.29 is 4.74 Å². The second-order valence-corrected chi connectivity index (χ2v) is 5.77. The lowest BCUT2D eigenvalue weighted by atomic mass is 9.94. The number of nitrogens with one attached hydrogen (secondary N) is 1. The van der Waals surface area contributed by atoms with Crippen molar-refractivity contribution in [1.29, 1.82) is 0 Å². The van der Waals surface area contributed by atoms with Crippen LogP contribution >= 0.6 is 12.2 Å². The van der Waals surface area contributed by atoms with E-state index in [0.29, 0.717) is 0 Å². The number of hydrogen-bond donors (Lipinski definition) is 1. The Balaban J connectivity index is 2.25. The van der Waals surface area contributed by atoms with Gasteiger partial charge in [-0.05, 0) is 50.5 Å². The molecule has 1 unspecified atom stereocenters. The van der Waals surface area contributed by atoms with E-state index in [2.05, 4.69) is 41.6 Å². The summed E-state index contributed by atoms with van der Waals surface area (Å²) in [6.07, 6.45) is 2.21. The molecule has 18 heavy (non-hydrogen) atoms. The number of hydrogen-bond acceptors (Lipinski definition) is 2. The van der Waals surface area contributed by atoms with Gasteiger partial charge in [0.15, 0.2) is 4.77 Å². The van der Waals surface area contributed by atoms with Gasteiger partial charge in [-0.15, -0.1) is 0 Å². The zero-order chi connectivity index (χ0) is 12.8. The van der Waals surface area contributed by atoms with Crippen LogP contribution in [0, 0.1) is 11.7 Å². The molecule has 3 nitrogen and oxygen atoms in total. The van der Waals surface area contributed by atoms with Crippen molar-refractivity contribution in [2.75, 3.05) is 13.2 Å². The van der Waals surface area contributed by atoms with Crippen LogP contribution in [-0.4, -0.2) is 22.8 Å². The molecule has 0 aliphatic carbocycles. The number of imidazole rings is 1. The lowest BCUT2D eigenvalue weighted by Crippen LogP contribution is -2.39. The van der Waals surface area contributed by atoms with Crippen LogP contribution in [0.15, 0.2) is 18.2 Å². The molecule has 2 aromatic rings. The highest BCUT2D eigenvalue weighted by Gasteiger charge is 2.31. The second-order valence-electron chi connectivity index (χ2n) is 5.39. The Morgan fingerprint density at radius 3 is 3.00 bits per heavy atom. The van der Waals surface area contributed by atoms with Gasteiger partial charge in [0.05, 0.1) is 23.2 Å². The summed E-state index contributed by atoms with van der Waals surface area (Å²) in [7, 11) is 0. The summed E-state index contributed by atoms with van der Waals surface area (Å²) in [5, 5.41) is 0. The highest BCUT2D eigenvalue weighted by atomic mass is 32.1. The number of rotatable bonds is 1. The molecule has 4 heteroatoms. The fourth-order valence-corrected chi connectivity index (χ4v) is 3.33. The molecule has 1 N–H and O–H groups in total. The maximum absolute atomic E-state index is 5.66. The molecule has 1 saturated heterocycles. The molecule has 1 aromatic heterocycles. The number of fused-ring (bicyclic) bond motifs is 1.